The van der Waals surface area contributed by atoms with Gasteiger partial charge in [0.05, 0.1) is 19.3 Å². The van der Waals surface area contributed by atoms with Gasteiger partial charge in [-0.15, -0.1) is 0 Å². The molecule has 7 heteroatoms. The van der Waals surface area contributed by atoms with Crippen LogP contribution in [-0.2, 0) is 24.2 Å². The van der Waals surface area contributed by atoms with Gasteiger partial charge in [0.2, 0.25) is 5.91 Å². The fraction of sp³-hybridized carbons (Fsp3) is 0.304. The summed E-state index contributed by atoms with van der Waals surface area (Å²) in [6.45, 7) is 0.587. The highest BCUT2D eigenvalue weighted by molar-refractivity contribution is 6.31. The van der Waals surface area contributed by atoms with Crippen molar-refractivity contribution in [2.24, 2.45) is 0 Å². The molecule has 0 radical (unpaired) electrons. The standard InChI is InChI=1S/C23H23ClN2O4/c1-26(13-22(27)25-19-11-17(24)6-7-20(19)29-2)12-16-10-23(28)30-21-9-15-5-3-4-14(15)8-18(16)21/h6-11H,3-5,12-13H2,1-2H3,(H,25,27). The van der Waals surface area contributed by atoms with Crippen LogP contribution in [-0.4, -0.2) is 31.5 Å². The first-order valence-electron chi connectivity index (χ1n) is 9.83. The number of anilines is 1. The van der Waals surface area contributed by atoms with Gasteiger partial charge in [-0.25, -0.2) is 4.79 Å². The molecule has 1 aliphatic rings. The Balaban J connectivity index is 1.51. The van der Waals surface area contributed by atoms with Crippen LogP contribution >= 0.6 is 11.6 Å². The van der Waals surface area contributed by atoms with Crippen LogP contribution < -0.4 is 15.7 Å². The van der Waals surface area contributed by atoms with Gasteiger partial charge in [0.25, 0.3) is 0 Å². The van der Waals surface area contributed by atoms with Gasteiger partial charge in [0.15, 0.2) is 0 Å². The van der Waals surface area contributed by atoms with Gasteiger partial charge in [-0.3, -0.25) is 9.69 Å². The lowest BCUT2D eigenvalue weighted by Crippen LogP contribution is -2.30. The van der Waals surface area contributed by atoms with Crippen molar-refractivity contribution in [3.63, 3.8) is 0 Å². The number of aryl methyl sites for hydroxylation is 2. The second-order valence-electron chi connectivity index (χ2n) is 7.63. The maximum Gasteiger partial charge on any atom is 0.336 e. The quantitative estimate of drug-likeness (QED) is 0.603. The average Bonchev–Trinajstić information content (AvgIpc) is 3.13. The van der Waals surface area contributed by atoms with E-state index in [1.54, 1.807) is 18.2 Å². The number of nitrogens with one attached hydrogen (secondary N) is 1. The first kappa shape index (κ1) is 20.4. The van der Waals surface area contributed by atoms with E-state index in [1.807, 2.05) is 18.0 Å². The highest BCUT2D eigenvalue weighted by atomic mass is 35.5. The molecule has 4 rings (SSSR count). The van der Waals surface area contributed by atoms with E-state index in [0.29, 0.717) is 28.6 Å². The topological polar surface area (TPSA) is 71.8 Å². The molecule has 30 heavy (non-hydrogen) atoms. The summed E-state index contributed by atoms with van der Waals surface area (Å²) in [5, 5.41) is 4.27. The molecule has 1 aliphatic carbocycles. The van der Waals surface area contributed by atoms with Crippen molar-refractivity contribution in [1.29, 1.82) is 0 Å². The zero-order valence-corrected chi connectivity index (χ0v) is 17.7. The number of likely N-dealkylation sites (N-methyl/N-ethyl adjacent to an activating group) is 1. The van der Waals surface area contributed by atoms with Crippen LogP contribution in [0.15, 0.2) is 45.6 Å². The lowest BCUT2D eigenvalue weighted by atomic mass is 10.0. The number of halogens is 1. The van der Waals surface area contributed by atoms with Crippen LogP contribution in [0.1, 0.15) is 23.1 Å². The Kier molecular flexibility index (Phi) is 5.79. The number of carbonyl (C=O) groups is 1. The molecule has 2 aromatic carbocycles. The van der Waals surface area contributed by atoms with E-state index in [2.05, 4.69) is 11.4 Å². The summed E-state index contributed by atoms with van der Waals surface area (Å²) < 4.78 is 10.7. The van der Waals surface area contributed by atoms with Gasteiger partial charge < -0.3 is 14.5 Å². The molecule has 0 aliphatic heterocycles. The summed E-state index contributed by atoms with van der Waals surface area (Å²) in [4.78, 5) is 26.5. The predicted octanol–water partition coefficient (Wildman–Crippen LogP) is 4.01. The fourth-order valence-electron chi connectivity index (χ4n) is 3.99. The Morgan fingerprint density at radius 1 is 1.20 bits per heavy atom. The first-order valence-corrected chi connectivity index (χ1v) is 10.2. The van der Waals surface area contributed by atoms with E-state index in [-0.39, 0.29) is 18.1 Å². The number of benzene rings is 2. The van der Waals surface area contributed by atoms with Crippen molar-refractivity contribution in [2.75, 3.05) is 26.0 Å². The van der Waals surface area contributed by atoms with Crippen molar-refractivity contribution in [1.82, 2.24) is 4.90 Å². The lowest BCUT2D eigenvalue weighted by molar-refractivity contribution is -0.117. The van der Waals surface area contributed by atoms with Gasteiger partial charge in [0.1, 0.15) is 11.3 Å². The number of nitrogens with zero attached hydrogens (tertiary/aromatic N) is 1. The largest absolute Gasteiger partial charge is 0.495 e. The van der Waals surface area contributed by atoms with E-state index in [1.165, 1.54) is 24.3 Å². The molecule has 1 aromatic heterocycles. The molecular weight excluding hydrogens is 404 g/mol. The van der Waals surface area contributed by atoms with Crippen LogP contribution in [0.25, 0.3) is 11.0 Å². The van der Waals surface area contributed by atoms with E-state index < -0.39 is 0 Å². The van der Waals surface area contributed by atoms with Crippen LogP contribution in [0.3, 0.4) is 0 Å². The maximum atomic E-state index is 12.5. The van der Waals surface area contributed by atoms with E-state index in [4.69, 9.17) is 20.8 Å². The molecule has 0 bridgehead atoms. The molecule has 0 saturated carbocycles. The molecule has 156 valence electrons. The molecule has 6 nitrogen and oxygen atoms in total. The number of fused-ring (bicyclic) bond motifs is 2. The normalized spacial score (nSPS) is 12.9. The Labute approximate surface area is 179 Å². The molecule has 1 amide bonds. The molecule has 1 N–H and O–H groups in total. The number of methoxy groups -OCH3 is 1. The second-order valence-corrected chi connectivity index (χ2v) is 8.06. The maximum absolute atomic E-state index is 12.5. The molecule has 1 heterocycles. The molecule has 3 aromatic rings. The van der Waals surface area contributed by atoms with E-state index in [0.717, 1.165) is 30.2 Å². The number of ether oxygens (including phenoxy) is 1. The Hall–Kier alpha value is -2.83. The molecule has 0 unspecified atom stereocenters. The van der Waals surface area contributed by atoms with Gasteiger partial charge >= 0.3 is 5.63 Å². The third kappa shape index (κ3) is 4.35. The van der Waals surface area contributed by atoms with Crippen molar-refractivity contribution in [2.45, 2.75) is 25.8 Å². The van der Waals surface area contributed by atoms with Gasteiger partial charge in [0, 0.05) is 23.0 Å². The Morgan fingerprint density at radius 3 is 2.73 bits per heavy atom. The lowest BCUT2D eigenvalue weighted by Gasteiger charge is -2.18. The third-order valence-electron chi connectivity index (χ3n) is 5.33. The fourth-order valence-corrected chi connectivity index (χ4v) is 4.16. The van der Waals surface area contributed by atoms with E-state index >= 15 is 0 Å². The number of carbonyl (C=O) groups excluding carboxylic acids is 1. The molecule has 0 fully saturated rings. The average molecular weight is 427 g/mol. The van der Waals surface area contributed by atoms with Gasteiger partial charge in [-0.2, -0.15) is 0 Å². The van der Waals surface area contributed by atoms with Crippen molar-refractivity contribution in [3.8, 4) is 5.75 Å². The van der Waals surface area contributed by atoms with Gasteiger partial charge in [-0.05, 0) is 73.3 Å². The number of hydrogen-bond donors (Lipinski definition) is 1. The zero-order valence-electron chi connectivity index (χ0n) is 17.0. The smallest absolute Gasteiger partial charge is 0.336 e. The first-order chi connectivity index (χ1) is 14.4. The van der Waals surface area contributed by atoms with Crippen LogP contribution in [0.2, 0.25) is 5.02 Å². The third-order valence-corrected chi connectivity index (χ3v) is 5.57. The zero-order chi connectivity index (χ0) is 21.3. The highest BCUT2D eigenvalue weighted by Crippen LogP contribution is 2.29. The van der Waals surface area contributed by atoms with E-state index in [9.17, 15) is 9.59 Å². The van der Waals surface area contributed by atoms with Gasteiger partial charge in [-0.1, -0.05) is 11.6 Å². The summed E-state index contributed by atoms with van der Waals surface area (Å²) in [6.07, 6.45) is 3.19. The summed E-state index contributed by atoms with van der Waals surface area (Å²) in [5.41, 5.74) is 4.17. The van der Waals surface area contributed by atoms with Crippen molar-refractivity contribution < 1.29 is 13.9 Å². The van der Waals surface area contributed by atoms with Crippen LogP contribution in [0, 0.1) is 0 Å². The predicted molar refractivity (Wildman–Crippen MR) is 117 cm³/mol. The molecule has 0 atom stereocenters. The Morgan fingerprint density at radius 2 is 1.97 bits per heavy atom. The summed E-state index contributed by atoms with van der Waals surface area (Å²) in [5.74, 6) is 0.335. The van der Waals surface area contributed by atoms with Crippen molar-refractivity contribution >= 4 is 34.2 Å². The van der Waals surface area contributed by atoms with Crippen LogP contribution in [0.4, 0.5) is 5.69 Å². The highest BCUT2D eigenvalue weighted by Gasteiger charge is 2.17. The van der Waals surface area contributed by atoms with Crippen LogP contribution in [0.5, 0.6) is 5.75 Å². The second kappa shape index (κ2) is 8.50. The minimum Gasteiger partial charge on any atom is -0.495 e. The molecule has 0 saturated heterocycles. The molecular formula is C23H23ClN2O4. The number of amides is 1. The molecule has 0 spiro atoms. The number of rotatable bonds is 6. The summed E-state index contributed by atoms with van der Waals surface area (Å²) >= 11 is 6.03. The summed E-state index contributed by atoms with van der Waals surface area (Å²) in [7, 11) is 3.37. The minimum absolute atomic E-state index is 0.141. The Bertz CT molecular complexity index is 1170. The number of hydrogen-bond acceptors (Lipinski definition) is 5. The monoisotopic (exact) mass is 426 g/mol. The van der Waals surface area contributed by atoms with Crippen molar-refractivity contribution in [3.05, 3.63) is 68.5 Å². The summed E-state index contributed by atoms with van der Waals surface area (Å²) in [6, 6.07) is 10.7. The minimum atomic E-state index is -0.378. The SMILES string of the molecule is COc1ccc(Cl)cc1NC(=O)CN(C)Cc1cc(=O)oc2cc3c(cc12)CCC3.